The lowest BCUT2D eigenvalue weighted by molar-refractivity contribution is -0.130. The molecule has 2 amide bonds. The molecule has 2 heterocycles. The van der Waals surface area contributed by atoms with Crippen molar-refractivity contribution < 1.29 is 23.4 Å². The number of halogens is 1. The van der Waals surface area contributed by atoms with E-state index in [-0.39, 0.29) is 18.5 Å². The van der Waals surface area contributed by atoms with Crippen LogP contribution in [0.15, 0.2) is 40.0 Å². The maximum absolute atomic E-state index is 12.7. The first-order valence-corrected chi connectivity index (χ1v) is 13.0. The van der Waals surface area contributed by atoms with Crippen LogP contribution < -0.4 is 5.32 Å². The van der Waals surface area contributed by atoms with E-state index in [0.717, 1.165) is 5.39 Å². The van der Waals surface area contributed by atoms with Crippen LogP contribution in [-0.4, -0.2) is 73.1 Å². The summed E-state index contributed by atoms with van der Waals surface area (Å²) in [5.41, 5.74) is -0.647. The van der Waals surface area contributed by atoms with Crippen LogP contribution in [0.25, 0.3) is 10.8 Å². The van der Waals surface area contributed by atoms with Crippen molar-refractivity contribution in [1.29, 1.82) is 0 Å². The van der Waals surface area contributed by atoms with Gasteiger partial charge in [-0.25, -0.2) is 4.79 Å². The Hall–Kier alpha value is -1.92. The molecule has 2 aromatic rings. The molecule has 1 aromatic heterocycles. The molecular formula is C22H31BrN4O5S. The van der Waals surface area contributed by atoms with Crippen LogP contribution in [-0.2, 0) is 9.53 Å². The second-order valence-corrected chi connectivity index (χ2v) is 11.8. The number of carbonyl (C=O) groups excluding carboxylic acids is 2. The normalized spacial score (nSPS) is 18.6. The minimum atomic E-state index is -3.33. The molecule has 0 unspecified atom stereocenters. The Morgan fingerprint density at radius 1 is 1.27 bits per heavy atom. The third-order valence-electron chi connectivity index (χ3n) is 5.24. The molecule has 1 aromatic carbocycles. The third kappa shape index (κ3) is 6.15. The minimum absolute atomic E-state index is 0.179. The summed E-state index contributed by atoms with van der Waals surface area (Å²) in [4.78, 5) is 30.8. The SMILES string of the molecule is C[C@H]1CN(C(=O)CNC(=O)OC(C)(C)C)CCCN1S(O)(O)c1cccc2cncc(Br)c12. The van der Waals surface area contributed by atoms with Gasteiger partial charge in [0.1, 0.15) is 12.1 Å². The van der Waals surface area contributed by atoms with Crippen molar-refractivity contribution in [3.05, 3.63) is 35.1 Å². The Kier molecular flexibility index (Phi) is 7.90. The first-order chi connectivity index (χ1) is 15.4. The van der Waals surface area contributed by atoms with E-state index in [1.165, 1.54) is 0 Å². The zero-order valence-corrected chi connectivity index (χ0v) is 21.6. The number of fused-ring (bicyclic) bond motifs is 1. The molecule has 11 heteroatoms. The third-order valence-corrected chi connectivity index (χ3v) is 7.97. The molecule has 0 radical (unpaired) electrons. The van der Waals surface area contributed by atoms with Crippen molar-refractivity contribution in [2.45, 2.75) is 50.7 Å². The van der Waals surface area contributed by atoms with Gasteiger partial charge in [-0.3, -0.25) is 18.9 Å². The van der Waals surface area contributed by atoms with Gasteiger partial charge in [-0.05, 0) is 56.1 Å². The summed E-state index contributed by atoms with van der Waals surface area (Å²) in [5.74, 6) is -0.245. The summed E-state index contributed by atoms with van der Waals surface area (Å²) >= 11 is 3.48. The van der Waals surface area contributed by atoms with Gasteiger partial charge < -0.3 is 15.0 Å². The molecule has 0 bridgehead atoms. The number of alkyl carbamates (subject to hydrolysis) is 1. The molecule has 0 saturated carbocycles. The highest BCUT2D eigenvalue weighted by atomic mass is 79.9. The predicted molar refractivity (Wildman–Crippen MR) is 132 cm³/mol. The number of nitrogens with one attached hydrogen (secondary N) is 1. The molecule has 1 atom stereocenters. The van der Waals surface area contributed by atoms with E-state index < -0.39 is 22.5 Å². The van der Waals surface area contributed by atoms with E-state index in [1.807, 2.05) is 13.0 Å². The number of carbonyl (C=O) groups is 2. The van der Waals surface area contributed by atoms with Gasteiger partial charge in [-0.15, -0.1) is 10.8 Å². The van der Waals surface area contributed by atoms with Crippen molar-refractivity contribution in [2.75, 3.05) is 26.2 Å². The molecule has 1 aliphatic heterocycles. The lowest BCUT2D eigenvalue weighted by Gasteiger charge is -2.46. The summed E-state index contributed by atoms with van der Waals surface area (Å²) in [7, 11) is -3.33. The van der Waals surface area contributed by atoms with Gasteiger partial charge in [-0.2, -0.15) is 4.31 Å². The monoisotopic (exact) mass is 542 g/mol. The van der Waals surface area contributed by atoms with Crippen molar-refractivity contribution >= 4 is 49.5 Å². The number of aromatic nitrogens is 1. The van der Waals surface area contributed by atoms with E-state index in [9.17, 15) is 18.7 Å². The number of hydrogen-bond donors (Lipinski definition) is 3. The smallest absolute Gasteiger partial charge is 0.408 e. The van der Waals surface area contributed by atoms with E-state index in [1.54, 1.807) is 54.5 Å². The van der Waals surface area contributed by atoms with Gasteiger partial charge in [0.2, 0.25) is 5.91 Å². The fourth-order valence-corrected chi connectivity index (χ4v) is 6.49. The average Bonchev–Trinajstić information content (AvgIpc) is 2.92. The van der Waals surface area contributed by atoms with Crippen LogP contribution in [0.3, 0.4) is 0 Å². The van der Waals surface area contributed by atoms with Crippen LogP contribution in [0.4, 0.5) is 4.79 Å². The average molecular weight is 543 g/mol. The Morgan fingerprint density at radius 2 is 2.00 bits per heavy atom. The van der Waals surface area contributed by atoms with E-state index >= 15 is 0 Å². The quantitative estimate of drug-likeness (QED) is 0.521. The molecule has 3 N–H and O–H groups in total. The van der Waals surface area contributed by atoms with Crippen molar-refractivity contribution in [1.82, 2.24) is 19.5 Å². The Balaban J connectivity index is 1.73. The molecule has 0 spiro atoms. The van der Waals surface area contributed by atoms with E-state index in [4.69, 9.17) is 4.74 Å². The van der Waals surface area contributed by atoms with Crippen LogP contribution in [0.1, 0.15) is 34.1 Å². The van der Waals surface area contributed by atoms with Crippen LogP contribution in [0.2, 0.25) is 0 Å². The van der Waals surface area contributed by atoms with Gasteiger partial charge in [0, 0.05) is 53.3 Å². The van der Waals surface area contributed by atoms with Gasteiger partial charge in [0.25, 0.3) is 0 Å². The Bertz CT molecular complexity index is 1020. The molecule has 3 rings (SSSR count). The standard InChI is InChI=1S/C22H31BrN4O5S/c1-15-14-26(19(28)13-25-21(29)32-22(2,3)4)9-6-10-27(15)33(30,31)18-8-5-7-16-11-24-12-17(23)20(16)18/h5,7-8,11-12,15,30-31H,6,9-10,13-14H2,1-4H3,(H,25,29)/t15-/m0/s1. The molecule has 1 aliphatic rings. The maximum atomic E-state index is 12.7. The van der Waals surface area contributed by atoms with E-state index in [2.05, 4.69) is 26.2 Å². The fourth-order valence-electron chi connectivity index (χ4n) is 3.83. The Labute approximate surface area is 204 Å². The number of benzene rings is 1. The van der Waals surface area contributed by atoms with E-state index in [0.29, 0.717) is 40.8 Å². The van der Waals surface area contributed by atoms with Crippen molar-refractivity contribution in [3.8, 4) is 0 Å². The topological polar surface area (TPSA) is 115 Å². The molecule has 1 saturated heterocycles. The van der Waals surface area contributed by atoms with Crippen LogP contribution >= 0.6 is 26.7 Å². The molecular weight excluding hydrogens is 512 g/mol. The molecule has 1 fully saturated rings. The predicted octanol–water partition coefficient (Wildman–Crippen LogP) is 4.47. The highest BCUT2D eigenvalue weighted by Gasteiger charge is 2.35. The second kappa shape index (κ2) is 10.1. The number of nitrogens with zero attached hydrogens (tertiary/aromatic N) is 3. The number of hydrogen-bond acceptors (Lipinski definition) is 7. The summed E-state index contributed by atoms with van der Waals surface area (Å²) in [6, 6.07) is 5.04. The lowest BCUT2D eigenvalue weighted by atomic mass is 10.2. The number of pyridine rings is 1. The van der Waals surface area contributed by atoms with Crippen LogP contribution in [0, 0.1) is 0 Å². The summed E-state index contributed by atoms with van der Waals surface area (Å²) < 4.78 is 30.3. The van der Waals surface area contributed by atoms with Gasteiger partial charge in [0.05, 0.1) is 4.90 Å². The molecule has 182 valence electrons. The highest BCUT2D eigenvalue weighted by molar-refractivity contribution is 9.10. The fraction of sp³-hybridized carbons (Fsp3) is 0.500. The molecule has 9 nitrogen and oxygen atoms in total. The molecule has 33 heavy (non-hydrogen) atoms. The van der Waals surface area contributed by atoms with Crippen molar-refractivity contribution in [3.63, 3.8) is 0 Å². The largest absolute Gasteiger partial charge is 0.444 e. The summed E-state index contributed by atoms with van der Waals surface area (Å²) in [5, 5.41) is 4.00. The number of ether oxygens (including phenoxy) is 1. The minimum Gasteiger partial charge on any atom is -0.444 e. The zero-order chi connectivity index (χ0) is 24.4. The zero-order valence-electron chi connectivity index (χ0n) is 19.2. The first kappa shape index (κ1) is 25.7. The first-order valence-electron chi connectivity index (χ1n) is 10.7. The second-order valence-electron chi connectivity index (χ2n) is 9.03. The van der Waals surface area contributed by atoms with Gasteiger partial charge in [0.15, 0.2) is 0 Å². The summed E-state index contributed by atoms with van der Waals surface area (Å²) in [6.07, 6.45) is 3.23. The number of rotatable bonds is 4. The number of amides is 2. The maximum Gasteiger partial charge on any atom is 0.408 e. The molecule has 0 aliphatic carbocycles. The highest BCUT2D eigenvalue weighted by Crippen LogP contribution is 2.56. The Morgan fingerprint density at radius 3 is 2.70 bits per heavy atom. The van der Waals surface area contributed by atoms with Crippen LogP contribution in [0.5, 0.6) is 0 Å². The van der Waals surface area contributed by atoms with Crippen molar-refractivity contribution in [2.24, 2.45) is 0 Å². The lowest BCUT2D eigenvalue weighted by Crippen LogP contribution is -2.46. The summed E-state index contributed by atoms with van der Waals surface area (Å²) in [6.45, 7) is 8.11. The van der Waals surface area contributed by atoms with Gasteiger partial charge in [-0.1, -0.05) is 12.1 Å². The van der Waals surface area contributed by atoms with Gasteiger partial charge >= 0.3 is 6.09 Å².